The fourth-order valence-corrected chi connectivity index (χ4v) is 16.7. The van der Waals surface area contributed by atoms with Crippen LogP contribution >= 0.6 is 23.5 Å². The number of rotatable bonds is 18. The van der Waals surface area contributed by atoms with E-state index in [0.717, 1.165) is 152 Å². The number of fused-ring (bicyclic) bond motifs is 3. The highest BCUT2D eigenvalue weighted by Crippen LogP contribution is 2.38. The first-order valence-electron chi connectivity index (χ1n) is 38.1. The van der Waals surface area contributed by atoms with Crippen molar-refractivity contribution in [3.05, 3.63) is 122 Å². The zero-order valence-electron chi connectivity index (χ0n) is 67.0. The number of aryl methyl sites for hydroxylation is 3. The average molecular weight is 1650 g/mol. The van der Waals surface area contributed by atoms with Gasteiger partial charge in [-0.3, -0.25) is 59.7 Å². The van der Waals surface area contributed by atoms with E-state index >= 15 is 0 Å². The number of thioether (sulfide) groups is 2. The number of piperazine rings is 3. The first-order valence-corrected chi connectivity index (χ1v) is 40.4. The van der Waals surface area contributed by atoms with E-state index in [1.54, 1.807) is 54.2 Å². The van der Waals surface area contributed by atoms with E-state index in [-0.39, 0.29) is 57.4 Å². The molecule has 0 radical (unpaired) electrons. The third kappa shape index (κ3) is 21.4. The lowest BCUT2D eigenvalue weighted by atomic mass is 10.0. The number of carbonyl (C=O) groups is 6. The van der Waals surface area contributed by atoms with Gasteiger partial charge in [-0.2, -0.15) is 44.3 Å². The van der Waals surface area contributed by atoms with Crippen LogP contribution in [0.15, 0.2) is 55.0 Å². The van der Waals surface area contributed by atoms with Gasteiger partial charge in [0.2, 0.25) is 36.2 Å². The topological polar surface area (TPSA) is 369 Å². The van der Waals surface area contributed by atoms with Gasteiger partial charge in [0.1, 0.15) is 75.9 Å². The van der Waals surface area contributed by atoms with Crippen LogP contribution in [0.25, 0.3) is 0 Å². The molecule has 3 N–H and O–H groups in total. The molecule has 8 aliphatic rings. The number of nitrogens with one attached hydrogen (secondary N) is 3. The molecule has 14 heterocycles. The second-order valence-corrected chi connectivity index (χ2v) is 31.2. The first-order chi connectivity index (χ1) is 55.7. The predicted octanol–water partition coefficient (Wildman–Crippen LogP) is 8.04. The summed E-state index contributed by atoms with van der Waals surface area (Å²) in [7, 11) is 13.4. The van der Waals surface area contributed by atoms with Crippen molar-refractivity contribution in [2.75, 3.05) is 225 Å². The number of hydrogen-bond donors (Lipinski definition) is 3. The van der Waals surface area contributed by atoms with Gasteiger partial charge in [0.05, 0.1) is 62.0 Å². The molecular weight excluding hydrogens is 1540 g/mol. The summed E-state index contributed by atoms with van der Waals surface area (Å²) < 4.78 is 41.7. The number of carbonyl (C=O) groups excluding carboxylic acids is 6. The van der Waals surface area contributed by atoms with Gasteiger partial charge in [-0.25, -0.2) is 43.7 Å². The number of likely N-dealkylation sites (N-methyl/N-ethyl adjacent to an activating group) is 3. The molecule has 626 valence electrons. The molecule has 6 aromatic rings. The van der Waals surface area contributed by atoms with Gasteiger partial charge >= 0.3 is 18.1 Å². The molecule has 0 aromatic carbocycles. The summed E-state index contributed by atoms with van der Waals surface area (Å²) >= 11 is 3.78. The van der Waals surface area contributed by atoms with Gasteiger partial charge in [-0.15, -0.1) is 0 Å². The number of halogens is 1. The maximum Gasteiger partial charge on any atom is 0.328 e. The summed E-state index contributed by atoms with van der Waals surface area (Å²) in [5, 5.41) is 36.5. The average Bonchev–Trinajstić information content (AvgIpc) is 0.790. The van der Waals surface area contributed by atoms with E-state index in [4.69, 9.17) is 43.9 Å². The van der Waals surface area contributed by atoms with E-state index in [1.807, 2.05) is 87.4 Å². The second-order valence-electron chi connectivity index (χ2n) is 28.7. The quantitative estimate of drug-likeness (QED) is 0.0685. The van der Waals surface area contributed by atoms with E-state index in [9.17, 15) is 43.7 Å². The van der Waals surface area contributed by atoms with Gasteiger partial charge in [0.15, 0.2) is 0 Å². The normalized spacial score (nSPS) is 17.1. The molecule has 14 rings (SSSR count). The molecule has 6 aromatic heterocycles. The molecular formula is C80H105FN23O11S2-. The van der Waals surface area contributed by atoms with Crippen molar-refractivity contribution in [1.82, 2.24) is 59.3 Å². The van der Waals surface area contributed by atoms with Crippen molar-refractivity contribution in [3.63, 3.8) is 0 Å². The Morgan fingerprint density at radius 1 is 0.470 bits per heavy atom. The minimum absolute atomic E-state index is 0. The lowest BCUT2D eigenvalue weighted by molar-refractivity contribution is -0.137. The SMILES string of the molecule is C.C.COC(OC)c1nc2c(cc1CN1CCN(C)CC1=O)CCCN2C(=O)Nc1cc(F)c(C#N)cn1.COC(OC)c1nc2c(cc1CN1CCN(C)CC1=O)CCCN2C(=O)Nc1cc(N2CCSCC2)c(C#N)cn1.COc1nc2c(cc1CN1CCN(C)CC1=O)CCCN2C(=O)Nc1cc(N2CCSCC2)c(C#N)cn1.[2H-]. The van der Waals surface area contributed by atoms with E-state index in [1.165, 1.54) is 31.5 Å². The summed E-state index contributed by atoms with van der Waals surface area (Å²) in [5.41, 5.74) is 8.56. The van der Waals surface area contributed by atoms with Crippen LogP contribution in [0.4, 0.5) is 65.1 Å². The first kappa shape index (κ1) is 88.7. The molecule has 5 fully saturated rings. The van der Waals surface area contributed by atoms with Gasteiger partial charge in [0, 0.05) is 186 Å². The number of nitriles is 3. The second kappa shape index (κ2) is 41.4. The summed E-state index contributed by atoms with van der Waals surface area (Å²) in [4.78, 5) is 125. The number of aromatic nitrogens is 6. The van der Waals surface area contributed by atoms with Gasteiger partial charge in [-0.1, -0.05) is 14.9 Å². The Hall–Kier alpha value is -10.7. The summed E-state index contributed by atoms with van der Waals surface area (Å²) in [5.74, 6) is 6.09. The molecule has 9 amide bonds. The van der Waals surface area contributed by atoms with Crippen molar-refractivity contribution in [1.29, 1.82) is 15.8 Å². The number of anilines is 8. The van der Waals surface area contributed by atoms with Crippen LogP contribution in [-0.4, -0.2) is 280 Å². The van der Waals surface area contributed by atoms with E-state index in [0.29, 0.717) is 149 Å². The molecule has 5 saturated heterocycles. The maximum absolute atomic E-state index is 14.0. The van der Waals surface area contributed by atoms with Crippen molar-refractivity contribution < 1.29 is 58.3 Å². The van der Waals surface area contributed by atoms with Crippen molar-refractivity contribution in [3.8, 4) is 24.1 Å². The standard InChI is InChI=1S/C28H36N8O4S.C26H32N8O3S.C24H28FN7O4.2CH4.H/c1-33-7-8-35(24(37)18-33)17-20-13-19-5-4-6-36(26(19)32-25(20)27(39-2)40-3)28(38)31-23-14-22(21(15-29)16-30-23)34-9-11-41-12-10-34;1-31-6-7-33(23(35)17-31)16-19-12-18-4-3-5-34(24(18)30-25(19)37-2)26(36)29-22-13-21(20(14-27)15-28-22)32-8-10-38-11-9-32;1-30-7-8-31(20(33)14-30)13-16-9-15-5-4-6-32(22(15)29-21(16)23(35-2)36-3)24(34)28-19-10-18(25)17(11-26)12-27-19;;;/h13-14,16,27H,4-12,17-18H2,1-3H3,(H,30,31,38);12-13,15H,3-11,16-17H2,1-2H3,(H,28,29,36);9-10,12,23H,4-8,13-14H2,1-3H3,(H,27,28,34);2*1H4;/q;;;;;-1/i;;;;;1+1. The molecule has 34 nitrogen and oxygen atoms in total. The molecule has 117 heavy (non-hydrogen) atoms. The van der Waals surface area contributed by atoms with Crippen LogP contribution in [0.3, 0.4) is 0 Å². The minimum atomic E-state index is -0.797. The molecule has 0 saturated carbocycles. The molecule has 0 spiro atoms. The van der Waals surface area contributed by atoms with E-state index in [2.05, 4.69) is 52.8 Å². The number of amides is 9. The van der Waals surface area contributed by atoms with Gasteiger partial charge in [0.25, 0.3) is 0 Å². The van der Waals surface area contributed by atoms with Crippen molar-refractivity contribution in [2.24, 2.45) is 0 Å². The highest BCUT2D eigenvalue weighted by molar-refractivity contribution is 7.99. The Bertz CT molecular complexity index is 4710. The lowest BCUT2D eigenvalue weighted by Crippen LogP contribution is -2.48. The Kier molecular flexibility index (Phi) is 31.4. The lowest BCUT2D eigenvalue weighted by Gasteiger charge is -2.34. The smallest absolute Gasteiger partial charge is 0.328 e. The number of urea groups is 3. The summed E-state index contributed by atoms with van der Waals surface area (Å²) in [6.45, 7) is 11.3. The van der Waals surface area contributed by atoms with Crippen molar-refractivity contribution in [2.45, 2.75) is 85.6 Å². The Morgan fingerprint density at radius 3 is 1.14 bits per heavy atom. The zero-order valence-corrected chi connectivity index (χ0v) is 67.6. The molecule has 0 unspecified atom stereocenters. The van der Waals surface area contributed by atoms with Crippen LogP contribution in [0.2, 0.25) is 0 Å². The molecule has 37 heteroatoms. The minimum Gasteiger partial charge on any atom is -1.00 e. The van der Waals surface area contributed by atoms with Crippen LogP contribution in [0.1, 0.15) is 110 Å². The number of pyridine rings is 6. The third-order valence-electron chi connectivity index (χ3n) is 21.0. The van der Waals surface area contributed by atoms with Crippen LogP contribution in [0, 0.1) is 39.8 Å². The molecule has 0 aliphatic carbocycles. The largest absolute Gasteiger partial charge is 1.00 e. The fraction of sp³-hybridized carbons (Fsp3) is 0.512. The molecule has 8 aliphatic heterocycles. The fourth-order valence-electron chi connectivity index (χ4n) is 14.9. The van der Waals surface area contributed by atoms with Gasteiger partial charge < -0.3 is 49.6 Å². The monoisotopic (exact) mass is 1650 g/mol. The molecule has 0 bridgehead atoms. The summed E-state index contributed by atoms with van der Waals surface area (Å²) in [6.07, 6.45) is 7.04. The van der Waals surface area contributed by atoms with E-state index < -0.39 is 24.4 Å². The van der Waals surface area contributed by atoms with Crippen LogP contribution < -0.4 is 45.2 Å². The number of hydrogen-bond acceptors (Lipinski definition) is 27. The summed E-state index contributed by atoms with van der Waals surface area (Å²) in [6, 6.07) is 15.5. The van der Waals surface area contributed by atoms with Gasteiger partial charge in [-0.05, 0) is 106 Å². The zero-order chi connectivity index (χ0) is 81.4. The number of ether oxygens (including phenoxy) is 5. The predicted molar refractivity (Wildman–Crippen MR) is 446 cm³/mol. The van der Waals surface area contributed by atoms with Crippen LogP contribution in [0.5, 0.6) is 5.88 Å². The Balaban J connectivity index is 0.000000200. The maximum atomic E-state index is 14.0. The van der Waals surface area contributed by atoms with Crippen LogP contribution in [-0.2, 0) is 72.2 Å². The van der Waals surface area contributed by atoms with Crippen molar-refractivity contribution >= 4 is 106 Å². The highest BCUT2D eigenvalue weighted by atomic mass is 32.2. The third-order valence-corrected chi connectivity index (χ3v) is 22.9. The Labute approximate surface area is 692 Å². The highest BCUT2D eigenvalue weighted by Gasteiger charge is 2.36. The number of nitrogens with zero attached hydrogens (tertiary/aromatic N) is 20. The number of methoxy groups -OCH3 is 5. The Morgan fingerprint density at radius 2 is 0.803 bits per heavy atom. The molecule has 0 atom stereocenters.